The third-order valence-corrected chi connectivity index (χ3v) is 2.09. The van der Waals surface area contributed by atoms with Gasteiger partial charge in [0.2, 0.25) is 0 Å². The predicted octanol–water partition coefficient (Wildman–Crippen LogP) is 3.39. The van der Waals surface area contributed by atoms with Gasteiger partial charge >= 0.3 is 6.18 Å². The molecule has 2 nitrogen and oxygen atoms in total. The summed E-state index contributed by atoms with van der Waals surface area (Å²) in [6.07, 6.45) is 5.56. The number of hydrogen-bond donors (Lipinski definition) is 0. The van der Waals surface area contributed by atoms with Crippen molar-refractivity contribution in [1.82, 2.24) is 9.97 Å². The lowest BCUT2D eigenvalue weighted by atomic mass is 10.0. The highest BCUT2D eigenvalue weighted by Crippen LogP contribution is 2.34. The van der Waals surface area contributed by atoms with E-state index in [1.807, 2.05) is 5.92 Å². The van der Waals surface area contributed by atoms with Crippen molar-refractivity contribution in [3.05, 3.63) is 42.0 Å². The van der Waals surface area contributed by atoms with Gasteiger partial charge in [-0.1, -0.05) is 12.2 Å². The monoisotopic (exact) mass is 252 g/mol. The molecule has 0 aliphatic heterocycles. The summed E-state index contributed by atoms with van der Waals surface area (Å²) in [6.45, 7) is 1.62. The Kier molecular flexibility index (Phi) is 4.67. The van der Waals surface area contributed by atoms with Crippen molar-refractivity contribution in [2.24, 2.45) is 0 Å². The third-order valence-electron chi connectivity index (χ3n) is 2.09. The number of aromatic nitrogens is 2. The fourth-order valence-electron chi connectivity index (χ4n) is 1.37. The minimum absolute atomic E-state index is 0.0122. The lowest BCUT2D eigenvalue weighted by molar-refractivity contribution is -0.0920. The van der Waals surface area contributed by atoms with E-state index in [0.717, 1.165) is 0 Å². The topological polar surface area (TPSA) is 25.8 Å². The summed E-state index contributed by atoms with van der Waals surface area (Å²) >= 11 is 0. The van der Waals surface area contributed by atoms with Gasteiger partial charge in [-0.25, -0.2) is 9.97 Å². The molecule has 0 radical (unpaired) electrons. The van der Waals surface area contributed by atoms with Crippen LogP contribution < -0.4 is 0 Å². The fraction of sp³-hybridized carbons (Fsp3) is 0.231. The van der Waals surface area contributed by atoms with Crippen molar-refractivity contribution in [2.75, 3.05) is 0 Å². The fourth-order valence-corrected chi connectivity index (χ4v) is 1.37. The molecule has 0 atom stereocenters. The first-order valence-corrected chi connectivity index (χ1v) is 5.14. The van der Waals surface area contributed by atoms with Crippen LogP contribution in [-0.4, -0.2) is 16.1 Å². The molecule has 1 aromatic rings. The molecule has 0 fully saturated rings. The summed E-state index contributed by atoms with van der Waals surface area (Å²) in [7, 11) is 0. The molecular weight excluding hydrogens is 241 g/mol. The van der Waals surface area contributed by atoms with Crippen LogP contribution in [-0.2, 0) is 0 Å². The molecule has 0 aromatic carbocycles. The van der Waals surface area contributed by atoms with Gasteiger partial charge in [-0.15, -0.1) is 12.3 Å². The maximum absolute atomic E-state index is 12.9. The molecule has 94 valence electrons. The molecule has 0 N–H and O–H groups in total. The van der Waals surface area contributed by atoms with E-state index in [1.165, 1.54) is 30.6 Å². The Bertz CT molecular complexity index is 493. The minimum Gasteiger partial charge on any atom is -0.237 e. The first-order valence-electron chi connectivity index (χ1n) is 5.14. The summed E-state index contributed by atoms with van der Waals surface area (Å²) in [5, 5.41) is 0. The third kappa shape index (κ3) is 3.45. The van der Waals surface area contributed by atoms with Crippen LogP contribution in [0.2, 0.25) is 0 Å². The summed E-state index contributed by atoms with van der Waals surface area (Å²) in [4.78, 5) is 7.65. The molecule has 0 unspecified atom stereocenters. The van der Waals surface area contributed by atoms with Crippen molar-refractivity contribution >= 4 is 5.57 Å². The van der Waals surface area contributed by atoms with Crippen LogP contribution in [0.25, 0.3) is 5.57 Å². The van der Waals surface area contributed by atoms with Crippen LogP contribution in [0.4, 0.5) is 13.2 Å². The van der Waals surface area contributed by atoms with Gasteiger partial charge in [0.1, 0.15) is 0 Å². The van der Waals surface area contributed by atoms with E-state index in [0.29, 0.717) is 0 Å². The van der Waals surface area contributed by atoms with Crippen LogP contribution in [0.15, 0.2) is 36.2 Å². The van der Waals surface area contributed by atoms with Crippen molar-refractivity contribution in [3.63, 3.8) is 0 Å². The van der Waals surface area contributed by atoms with Crippen LogP contribution in [0.1, 0.15) is 19.2 Å². The van der Waals surface area contributed by atoms with E-state index in [4.69, 9.17) is 6.42 Å². The Labute approximate surface area is 103 Å². The van der Waals surface area contributed by atoms with E-state index in [2.05, 4.69) is 9.97 Å². The number of hydrogen-bond acceptors (Lipinski definition) is 2. The van der Waals surface area contributed by atoms with Crippen molar-refractivity contribution in [1.29, 1.82) is 0 Å². The predicted molar refractivity (Wildman–Crippen MR) is 63.3 cm³/mol. The van der Waals surface area contributed by atoms with E-state index < -0.39 is 18.2 Å². The molecule has 0 amide bonds. The molecule has 1 rings (SSSR count). The van der Waals surface area contributed by atoms with Gasteiger partial charge in [0.05, 0.1) is 5.57 Å². The van der Waals surface area contributed by atoms with Crippen molar-refractivity contribution < 1.29 is 13.2 Å². The lowest BCUT2D eigenvalue weighted by Crippen LogP contribution is -2.14. The number of rotatable bonds is 3. The minimum atomic E-state index is -4.50. The first kappa shape index (κ1) is 14.0. The summed E-state index contributed by atoms with van der Waals surface area (Å²) < 4.78 is 38.8. The molecule has 0 saturated carbocycles. The molecule has 0 bridgehead atoms. The van der Waals surface area contributed by atoms with Gasteiger partial charge in [0.25, 0.3) is 0 Å². The summed E-state index contributed by atoms with van der Waals surface area (Å²) in [5.41, 5.74) is -0.905. The second-order valence-electron chi connectivity index (χ2n) is 3.34. The van der Waals surface area contributed by atoms with Gasteiger partial charge in [0.15, 0.2) is 5.82 Å². The maximum Gasteiger partial charge on any atom is 0.414 e. The van der Waals surface area contributed by atoms with Gasteiger partial charge in [-0.3, -0.25) is 0 Å². The molecule has 0 spiro atoms. The molecule has 0 saturated heterocycles. The molecule has 1 heterocycles. The summed E-state index contributed by atoms with van der Waals surface area (Å²) in [6, 6.07) is 1.53. The Balaban J connectivity index is 3.45. The Morgan fingerprint density at radius 2 is 2.00 bits per heavy atom. The maximum atomic E-state index is 12.9. The Morgan fingerprint density at radius 3 is 2.44 bits per heavy atom. The average molecular weight is 252 g/mol. The molecular formula is C13H11F3N2. The van der Waals surface area contributed by atoms with Gasteiger partial charge in [-0.05, 0) is 13.0 Å². The SMILES string of the molecule is C#CC/C(=C(\C=C/C)c1ncccn1)C(F)(F)F. The van der Waals surface area contributed by atoms with Gasteiger partial charge < -0.3 is 0 Å². The number of nitrogens with zero attached hydrogens (tertiary/aromatic N) is 2. The second-order valence-corrected chi connectivity index (χ2v) is 3.34. The highest BCUT2D eigenvalue weighted by Gasteiger charge is 2.35. The average Bonchev–Trinajstić information content (AvgIpc) is 2.33. The van der Waals surface area contributed by atoms with E-state index in [-0.39, 0.29) is 11.4 Å². The number of terminal acetylenes is 1. The Hall–Kier alpha value is -2.09. The first-order chi connectivity index (χ1) is 8.50. The largest absolute Gasteiger partial charge is 0.414 e. The van der Waals surface area contributed by atoms with E-state index in [9.17, 15) is 13.2 Å². The van der Waals surface area contributed by atoms with Gasteiger partial charge in [-0.2, -0.15) is 13.2 Å². The zero-order valence-electron chi connectivity index (χ0n) is 9.70. The van der Waals surface area contributed by atoms with Crippen molar-refractivity contribution in [3.8, 4) is 12.3 Å². The highest BCUT2D eigenvalue weighted by atomic mass is 19.4. The molecule has 18 heavy (non-hydrogen) atoms. The summed E-state index contributed by atoms with van der Waals surface area (Å²) in [5.74, 6) is 2.03. The second kappa shape index (κ2) is 6.01. The molecule has 0 aliphatic carbocycles. The zero-order chi connectivity index (χ0) is 13.6. The normalized spacial score (nSPS) is 13.3. The van der Waals surface area contributed by atoms with E-state index in [1.54, 1.807) is 6.92 Å². The zero-order valence-corrected chi connectivity index (χ0v) is 9.70. The number of allylic oxidation sites excluding steroid dienone is 4. The van der Waals surface area contributed by atoms with Crippen LogP contribution in [0, 0.1) is 12.3 Å². The van der Waals surface area contributed by atoms with Crippen LogP contribution >= 0.6 is 0 Å². The molecule has 1 aromatic heterocycles. The standard InChI is InChI=1S/C13H11F3N2/c1-3-6-10(12-17-8-5-9-18-12)11(7-4-2)13(14,15)16/h2-3,5-6,8-9H,7H2,1H3/b6-3-,11-10-. The lowest BCUT2D eigenvalue weighted by Gasteiger charge is -2.13. The highest BCUT2D eigenvalue weighted by molar-refractivity contribution is 5.73. The van der Waals surface area contributed by atoms with Gasteiger partial charge in [0, 0.05) is 24.4 Å². The van der Waals surface area contributed by atoms with Crippen LogP contribution in [0.3, 0.4) is 0 Å². The quantitative estimate of drug-likeness (QED) is 0.608. The van der Waals surface area contributed by atoms with Crippen LogP contribution in [0.5, 0.6) is 0 Å². The molecule has 5 heteroatoms. The van der Waals surface area contributed by atoms with E-state index >= 15 is 0 Å². The smallest absolute Gasteiger partial charge is 0.237 e. The number of alkyl halides is 3. The Morgan fingerprint density at radius 1 is 1.39 bits per heavy atom. The van der Waals surface area contributed by atoms with Crippen molar-refractivity contribution in [2.45, 2.75) is 19.5 Å². The molecule has 0 aliphatic rings. The number of halogens is 3.